The van der Waals surface area contributed by atoms with Crippen molar-refractivity contribution in [3.05, 3.63) is 71.3 Å². The normalized spacial score (nSPS) is 14.5. The maximum Gasteiger partial charge on any atom is 0.248 e. The summed E-state index contributed by atoms with van der Waals surface area (Å²) in [5.74, 6) is -0.665. The van der Waals surface area contributed by atoms with Crippen LogP contribution in [0.15, 0.2) is 54.6 Å². The summed E-state index contributed by atoms with van der Waals surface area (Å²) in [4.78, 5) is 11.9. The highest BCUT2D eigenvalue weighted by molar-refractivity contribution is 5.94. The second kappa shape index (κ2) is 10.9. The van der Waals surface area contributed by atoms with Crippen LogP contribution in [-0.2, 0) is 6.42 Å². The first-order chi connectivity index (χ1) is 13.0. The van der Waals surface area contributed by atoms with Crippen LogP contribution in [0.2, 0.25) is 0 Å². The van der Waals surface area contributed by atoms with E-state index in [2.05, 4.69) is 19.2 Å². The van der Waals surface area contributed by atoms with Crippen molar-refractivity contribution < 1.29 is 9.90 Å². The number of nitrogens with two attached hydrogens (primary N) is 1. The molecule has 0 spiro atoms. The fourth-order valence-electron chi connectivity index (χ4n) is 3.44. The van der Waals surface area contributed by atoms with Crippen LogP contribution in [-0.4, -0.2) is 29.7 Å². The molecule has 2 aromatic carbocycles. The Hall–Kier alpha value is -2.17. The van der Waals surface area contributed by atoms with E-state index in [0.29, 0.717) is 24.6 Å². The van der Waals surface area contributed by atoms with Crippen LogP contribution in [0.25, 0.3) is 0 Å². The van der Waals surface area contributed by atoms with Gasteiger partial charge in [-0.25, -0.2) is 0 Å². The third-order valence-corrected chi connectivity index (χ3v) is 5.05. The number of carbonyl (C=O) groups excluding carboxylic acids is 1. The van der Waals surface area contributed by atoms with E-state index in [4.69, 9.17) is 5.73 Å². The highest BCUT2D eigenvalue weighted by Gasteiger charge is 2.25. The van der Waals surface area contributed by atoms with Crippen LogP contribution in [0.3, 0.4) is 0 Å². The van der Waals surface area contributed by atoms with E-state index in [9.17, 15) is 9.90 Å². The predicted octanol–water partition coefficient (Wildman–Crippen LogP) is 3.64. The third-order valence-electron chi connectivity index (χ3n) is 5.05. The predicted molar refractivity (Wildman–Crippen MR) is 111 cm³/mol. The minimum absolute atomic E-state index is 0.207. The number of unbranched alkanes of at least 4 members (excludes halogenated alkanes) is 1. The van der Waals surface area contributed by atoms with Gasteiger partial charge in [0.15, 0.2) is 0 Å². The minimum atomic E-state index is -0.616. The molecule has 2 rings (SSSR count). The number of carbonyl (C=O) groups is 1. The molecule has 0 saturated heterocycles. The smallest absolute Gasteiger partial charge is 0.248 e. The van der Waals surface area contributed by atoms with Crippen molar-refractivity contribution in [3.63, 3.8) is 0 Å². The van der Waals surface area contributed by atoms with E-state index in [-0.39, 0.29) is 5.92 Å². The molecule has 146 valence electrons. The molecular weight excluding hydrogens is 336 g/mol. The number of primary amides is 1. The summed E-state index contributed by atoms with van der Waals surface area (Å²) >= 11 is 0. The summed E-state index contributed by atoms with van der Waals surface area (Å²) < 4.78 is 0. The lowest BCUT2D eigenvalue weighted by atomic mass is 9.84. The highest BCUT2D eigenvalue weighted by atomic mass is 16.3. The van der Waals surface area contributed by atoms with Gasteiger partial charge >= 0.3 is 0 Å². The molecule has 3 atom stereocenters. The van der Waals surface area contributed by atoms with Crippen molar-refractivity contribution in [1.82, 2.24) is 5.32 Å². The number of benzene rings is 2. The Morgan fingerprint density at radius 2 is 1.78 bits per heavy atom. The first-order valence-corrected chi connectivity index (χ1v) is 9.87. The topological polar surface area (TPSA) is 75.3 Å². The van der Waals surface area contributed by atoms with E-state index >= 15 is 0 Å². The molecule has 0 aromatic heterocycles. The Labute approximate surface area is 162 Å². The molecule has 0 aliphatic rings. The Balaban J connectivity index is 2.21. The van der Waals surface area contributed by atoms with Gasteiger partial charge in [0, 0.05) is 24.1 Å². The summed E-state index contributed by atoms with van der Waals surface area (Å²) in [5, 5.41) is 14.4. The number of amides is 1. The van der Waals surface area contributed by atoms with Gasteiger partial charge in [0.1, 0.15) is 0 Å². The zero-order chi connectivity index (χ0) is 19.6. The van der Waals surface area contributed by atoms with Crippen molar-refractivity contribution >= 4 is 5.91 Å². The van der Waals surface area contributed by atoms with Gasteiger partial charge in [-0.3, -0.25) is 4.79 Å². The maximum atomic E-state index is 11.9. The Morgan fingerprint density at radius 1 is 1.11 bits per heavy atom. The van der Waals surface area contributed by atoms with E-state index in [1.54, 1.807) is 12.1 Å². The monoisotopic (exact) mass is 368 g/mol. The summed E-state index contributed by atoms with van der Waals surface area (Å²) in [6, 6.07) is 17.7. The molecule has 0 aliphatic heterocycles. The summed E-state index contributed by atoms with van der Waals surface area (Å²) in [5.41, 5.74) is 8.00. The van der Waals surface area contributed by atoms with Crippen molar-refractivity contribution in [2.24, 2.45) is 5.73 Å². The first kappa shape index (κ1) is 21.1. The quantitative estimate of drug-likeness (QED) is 0.567. The fourth-order valence-corrected chi connectivity index (χ4v) is 3.44. The van der Waals surface area contributed by atoms with Gasteiger partial charge in [0.25, 0.3) is 0 Å². The molecule has 1 unspecified atom stereocenters. The molecule has 0 fully saturated rings. The molecule has 4 nitrogen and oxygen atoms in total. The zero-order valence-corrected chi connectivity index (χ0v) is 16.4. The van der Waals surface area contributed by atoms with E-state index < -0.39 is 12.0 Å². The van der Waals surface area contributed by atoms with E-state index in [1.807, 2.05) is 42.5 Å². The molecule has 0 bridgehead atoms. The Bertz CT molecular complexity index is 703. The Kier molecular flexibility index (Phi) is 8.49. The summed E-state index contributed by atoms with van der Waals surface area (Å²) in [6.07, 6.45) is 3.45. The van der Waals surface area contributed by atoms with Crippen LogP contribution >= 0.6 is 0 Å². The number of nitrogens with one attached hydrogen (secondary N) is 1. The third kappa shape index (κ3) is 6.49. The molecule has 0 aliphatic carbocycles. The van der Waals surface area contributed by atoms with E-state index in [0.717, 1.165) is 24.0 Å². The molecule has 1 amide bonds. The average molecular weight is 369 g/mol. The number of rotatable bonds is 11. The van der Waals surface area contributed by atoms with Crippen molar-refractivity contribution in [2.45, 2.75) is 57.6 Å². The molecule has 4 N–H and O–H groups in total. The average Bonchev–Trinajstić information content (AvgIpc) is 2.69. The lowest BCUT2D eigenvalue weighted by molar-refractivity contribution is 0.0995. The largest absolute Gasteiger partial charge is 0.391 e. The van der Waals surface area contributed by atoms with Crippen LogP contribution in [0.4, 0.5) is 0 Å². The van der Waals surface area contributed by atoms with Gasteiger partial charge in [0.2, 0.25) is 5.91 Å². The fraction of sp³-hybridized carbons (Fsp3) is 0.435. The van der Waals surface area contributed by atoms with Gasteiger partial charge in [-0.1, -0.05) is 68.3 Å². The molecular formula is C23H32N2O2. The van der Waals surface area contributed by atoms with Gasteiger partial charge in [-0.2, -0.15) is 0 Å². The zero-order valence-electron chi connectivity index (χ0n) is 16.4. The van der Waals surface area contributed by atoms with E-state index in [1.165, 1.54) is 6.42 Å². The number of aliphatic hydroxyl groups excluding tert-OH is 1. The lowest BCUT2D eigenvalue weighted by Crippen LogP contribution is -2.38. The molecule has 2 aromatic rings. The molecule has 0 heterocycles. The number of aliphatic hydroxyl groups is 1. The first-order valence-electron chi connectivity index (χ1n) is 9.87. The molecule has 0 radical (unpaired) electrons. The Morgan fingerprint density at radius 3 is 2.44 bits per heavy atom. The second-order valence-electron chi connectivity index (χ2n) is 7.27. The van der Waals surface area contributed by atoms with Crippen LogP contribution < -0.4 is 11.1 Å². The highest BCUT2D eigenvalue weighted by Crippen LogP contribution is 2.27. The molecule has 0 saturated carbocycles. The number of hydrogen-bond acceptors (Lipinski definition) is 3. The lowest BCUT2D eigenvalue weighted by Gasteiger charge is -2.27. The minimum Gasteiger partial charge on any atom is -0.391 e. The van der Waals surface area contributed by atoms with Crippen molar-refractivity contribution in [2.75, 3.05) is 6.54 Å². The summed E-state index contributed by atoms with van der Waals surface area (Å²) in [7, 11) is 0. The molecule has 4 heteroatoms. The van der Waals surface area contributed by atoms with Gasteiger partial charge in [-0.15, -0.1) is 0 Å². The van der Waals surface area contributed by atoms with Crippen molar-refractivity contribution in [1.29, 1.82) is 0 Å². The summed E-state index contributed by atoms with van der Waals surface area (Å²) in [6.45, 7) is 4.81. The SMILES string of the molecule is CCCCC(C)NC[C@H](O)[C@@H](Cc1ccccc1)c1ccccc1C(N)=O. The maximum absolute atomic E-state index is 11.9. The van der Waals surface area contributed by atoms with Crippen LogP contribution in [0, 0.1) is 0 Å². The molecule has 27 heavy (non-hydrogen) atoms. The van der Waals surface area contributed by atoms with Crippen LogP contribution in [0.5, 0.6) is 0 Å². The van der Waals surface area contributed by atoms with Gasteiger partial charge in [0.05, 0.1) is 6.10 Å². The van der Waals surface area contributed by atoms with Gasteiger partial charge < -0.3 is 16.2 Å². The van der Waals surface area contributed by atoms with Crippen molar-refractivity contribution in [3.8, 4) is 0 Å². The van der Waals surface area contributed by atoms with Gasteiger partial charge in [-0.05, 0) is 37.0 Å². The van der Waals surface area contributed by atoms with Crippen LogP contribution in [0.1, 0.15) is 60.5 Å². The second-order valence-corrected chi connectivity index (χ2v) is 7.27. The number of hydrogen-bond donors (Lipinski definition) is 3. The standard InChI is InChI=1S/C23H32N2O2/c1-3-4-10-17(2)25-16-22(26)21(15-18-11-6-5-7-12-18)19-13-8-9-14-20(19)23(24)27/h5-9,11-14,17,21-22,25-26H,3-4,10,15-16H2,1-2H3,(H2,24,27)/t17?,21-,22-/m0/s1.